The lowest BCUT2D eigenvalue weighted by Crippen LogP contribution is -2.58. The van der Waals surface area contributed by atoms with E-state index in [0.717, 1.165) is 30.6 Å². The zero-order valence-corrected chi connectivity index (χ0v) is 19.1. The number of likely N-dealkylation sites (N-methyl/N-ethyl adjacent to an activating group) is 1. The van der Waals surface area contributed by atoms with Gasteiger partial charge in [0.25, 0.3) is 11.8 Å². The molecule has 0 spiro atoms. The first-order valence-electron chi connectivity index (χ1n) is 11.4. The normalized spacial score (nSPS) is 22.9. The van der Waals surface area contributed by atoms with Crippen molar-refractivity contribution in [1.82, 2.24) is 19.6 Å². The van der Waals surface area contributed by atoms with Crippen LogP contribution in [0.25, 0.3) is 0 Å². The third-order valence-electron chi connectivity index (χ3n) is 6.48. The topological polar surface area (TPSA) is 67.7 Å². The predicted molar refractivity (Wildman–Crippen MR) is 123 cm³/mol. The highest BCUT2D eigenvalue weighted by Gasteiger charge is 2.38. The van der Waals surface area contributed by atoms with E-state index in [1.165, 1.54) is 0 Å². The number of carbonyl (C=O) groups is 2. The molecular weight excluding hydrogens is 404 g/mol. The molecule has 0 radical (unpaired) electrons. The molecule has 1 saturated heterocycles. The van der Waals surface area contributed by atoms with Crippen LogP contribution in [0.2, 0.25) is 0 Å². The Morgan fingerprint density at radius 3 is 2.78 bits per heavy atom. The maximum absolute atomic E-state index is 13.6. The Balaban J connectivity index is 1.64. The summed E-state index contributed by atoms with van der Waals surface area (Å²) in [6.45, 7) is 4.71. The van der Waals surface area contributed by atoms with Gasteiger partial charge in [-0.3, -0.25) is 14.3 Å². The molecule has 0 N–H and O–H groups in total. The van der Waals surface area contributed by atoms with Crippen LogP contribution >= 0.6 is 0 Å². The summed E-state index contributed by atoms with van der Waals surface area (Å²) in [6, 6.07) is 9.57. The van der Waals surface area contributed by atoms with Crippen LogP contribution in [0.15, 0.2) is 48.7 Å². The van der Waals surface area contributed by atoms with E-state index in [9.17, 15) is 9.59 Å². The Bertz CT molecular complexity index is 997. The number of piperidine rings is 1. The number of amides is 2. The number of hydrogen-bond acceptors (Lipinski definition) is 4. The van der Waals surface area contributed by atoms with Gasteiger partial charge >= 0.3 is 0 Å². The Kier molecular flexibility index (Phi) is 6.63. The summed E-state index contributed by atoms with van der Waals surface area (Å²) in [5.41, 5.74) is 1.65. The second-order valence-electron chi connectivity index (χ2n) is 8.84. The fourth-order valence-corrected chi connectivity index (χ4v) is 4.75. The van der Waals surface area contributed by atoms with E-state index in [2.05, 4.69) is 17.3 Å². The Morgan fingerprint density at radius 1 is 1.16 bits per heavy atom. The lowest BCUT2D eigenvalue weighted by Gasteiger charge is -2.44. The van der Waals surface area contributed by atoms with Gasteiger partial charge in [0.15, 0.2) is 6.61 Å². The van der Waals surface area contributed by atoms with E-state index in [-0.39, 0.29) is 36.5 Å². The van der Waals surface area contributed by atoms with E-state index in [4.69, 9.17) is 4.74 Å². The van der Waals surface area contributed by atoms with Crippen molar-refractivity contribution in [2.24, 2.45) is 0 Å². The van der Waals surface area contributed by atoms with Gasteiger partial charge in [0, 0.05) is 25.8 Å². The van der Waals surface area contributed by atoms with E-state index in [1.807, 2.05) is 50.1 Å². The van der Waals surface area contributed by atoms with Crippen molar-refractivity contribution in [3.8, 4) is 5.75 Å². The average Bonchev–Trinajstić information content (AvgIpc) is 3.29. The summed E-state index contributed by atoms with van der Waals surface area (Å²) in [7, 11) is 1.83. The van der Waals surface area contributed by atoms with Crippen LogP contribution in [-0.2, 0) is 11.2 Å². The van der Waals surface area contributed by atoms with Gasteiger partial charge in [-0.1, -0.05) is 30.4 Å². The van der Waals surface area contributed by atoms with Crippen LogP contribution < -0.4 is 4.74 Å². The van der Waals surface area contributed by atoms with Crippen molar-refractivity contribution in [2.45, 2.75) is 57.7 Å². The number of carbonyl (C=O) groups excluding carboxylic acids is 2. The number of hydrogen-bond donors (Lipinski definition) is 0. The Labute approximate surface area is 189 Å². The zero-order valence-electron chi connectivity index (χ0n) is 19.1. The highest BCUT2D eigenvalue weighted by atomic mass is 16.5. The van der Waals surface area contributed by atoms with Crippen LogP contribution in [0, 0.1) is 0 Å². The summed E-state index contributed by atoms with van der Waals surface area (Å²) in [5, 5.41) is 4.34. The van der Waals surface area contributed by atoms with Gasteiger partial charge in [0.05, 0.1) is 12.1 Å². The standard InChI is InChI=1S/C25H32N4O3/c1-18(2)29-22(14-15-26-29)25(31)28-16-8-12-20-21(28)11-6-4-9-19-10-5-7-13-23(19)32-17-24(30)27(20)3/h4-7,10,13-15,18,20-21H,8-9,11-12,16-17H2,1-3H3/b6-4+/t20-,21-/m1/s1. The maximum Gasteiger partial charge on any atom is 0.272 e. The summed E-state index contributed by atoms with van der Waals surface area (Å²) in [6.07, 6.45) is 9.11. The number of rotatable bonds is 2. The van der Waals surface area contributed by atoms with Gasteiger partial charge in [-0.2, -0.15) is 5.10 Å². The molecule has 1 aromatic heterocycles. The second kappa shape index (κ2) is 9.59. The molecule has 7 heteroatoms. The molecule has 2 aromatic rings. The molecule has 3 heterocycles. The molecule has 4 rings (SSSR count). The number of aromatic nitrogens is 2. The molecule has 0 saturated carbocycles. The molecule has 7 nitrogen and oxygen atoms in total. The van der Waals surface area contributed by atoms with Gasteiger partial charge in [-0.25, -0.2) is 0 Å². The third-order valence-corrected chi connectivity index (χ3v) is 6.48. The molecule has 0 aliphatic carbocycles. The molecule has 2 aliphatic rings. The highest BCUT2D eigenvalue weighted by Crippen LogP contribution is 2.28. The lowest BCUT2D eigenvalue weighted by atomic mass is 9.91. The van der Waals surface area contributed by atoms with E-state index >= 15 is 0 Å². The minimum Gasteiger partial charge on any atom is -0.483 e. The number of benzene rings is 1. The van der Waals surface area contributed by atoms with Crippen LogP contribution in [0.4, 0.5) is 0 Å². The molecule has 1 fully saturated rings. The van der Waals surface area contributed by atoms with Crippen molar-refractivity contribution in [2.75, 3.05) is 20.2 Å². The SMILES string of the molecule is CC(C)n1nccc1C(=O)N1CCC[C@@H]2[C@H]1C/C=C/Cc1ccccc1OCC(=O)N2C. The first kappa shape index (κ1) is 22.1. The Morgan fingerprint density at radius 2 is 1.97 bits per heavy atom. The number of fused-ring (bicyclic) bond motifs is 2. The smallest absolute Gasteiger partial charge is 0.272 e. The van der Waals surface area contributed by atoms with Crippen molar-refractivity contribution in [3.05, 3.63) is 59.9 Å². The molecule has 0 unspecified atom stereocenters. The first-order chi connectivity index (χ1) is 15.5. The molecule has 2 amide bonds. The van der Waals surface area contributed by atoms with Crippen LogP contribution in [-0.4, -0.2) is 63.7 Å². The summed E-state index contributed by atoms with van der Waals surface area (Å²) in [5.74, 6) is 0.660. The number of allylic oxidation sites excluding steroid dienone is 1. The summed E-state index contributed by atoms with van der Waals surface area (Å²) < 4.78 is 7.66. The molecule has 2 aliphatic heterocycles. The summed E-state index contributed by atoms with van der Waals surface area (Å²) >= 11 is 0. The number of ether oxygens (including phenoxy) is 1. The predicted octanol–water partition coefficient (Wildman–Crippen LogP) is 3.48. The van der Waals surface area contributed by atoms with Gasteiger partial charge in [-0.05, 0) is 57.2 Å². The zero-order chi connectivity index (χ0) is 22.7. The van der Waals surface area contributed by atoms with E-state index in [1.54, 1.807) is 21.8 Å². The molecule has 1 aromatic carbocycles. The third kappa shape index (κ3) is 4.42. The van der Waals surface area contributed by atoms with Crippen molar-refractivity contribution < 1.29 is 14.3 Å². The molecular formula is C25H32N4O3. The minimum absolute atomic E-state index is 0.00544. The largest absolute Gasteiger partial charge is 0.483 e. The van der Waals surface area contributed by atoms with Gasteiger partial charge in [-0.15, -0.1) is 0 Å². The lowest BCUT2D eigenvalue weighted by molar-refractivity contribution is -0.136. The highest BCUT2D eigenvalue weighted by molar-refractivity contribution is 5.93. The van der Waals surface area contributed by atoms with Gasteiger partial charge in [0.1, 0.15) is 11.4 Å². The average molecular weight is 437 g/mol. The van der Waals surface area contributed by atoms with Crippen molar-refractivity contribution in [1.29, 1.82) is 0 Å². The van der Waals surface area contributed by atoms with Crippen LogP contribution in [0.3, 0.4) is 0 Å². The molecule has 2 atom stereocenters. The Hall–Kier alpha value is -3.09. The second-order valence-corrected chi connectivity index (χ2v) is 8.84. The van der Waals surface area contributed by atoms with Gasteiger partial charge in [0.2, 0.25) is 0 Å². The number of para-hydroxylation sites is 1. The fourth-order valence-electron chi connectivity index (χ4n) is 4.75. The first-order valence-corrected chi connectivity index (χ1v) is 11.4. The summed E-state index contributed by atoms with van der Waals surface area (Å²) in [4.78, 5) is 30.3. The van der Waals surface area contributed by atoms with Crippen LogP contribution in [0.5, 0.6) is 5.75 Å². The van der Waals surface area contributed by atoms with Gasteiger partial charge < -0.3 is 14.5 Å². The monoisotopic (exact) mass is 436 g/mol. The minimum atomic E-state index is -0.0911. The quantitative estimate of drug-likeness (QED) is 0.676. The van der Waals surface area contributed by atoms with Crippen molar-refractivity contribution >= 4 is 11.8 Å². The fraction of sp³-hybridized carbons (Fsp3) is 0.480. The van der Waals surface area contributed by atoms with E-state index in [0.29, 0.717) is 18.7 Å². The molecule has 32 heavy (non-hydrogen) atoms. The van der Waals surface area contributed by atoms with Crippen LogP contribution in [0.1, 0.15) is 55.2 Å². The van der Waals surface area contributed by atoms with Crippen molar-refractivity contribution in [3.63, 3.8) is 0 Å². The molecule has 170 valence electrons. The number of nitrogens with zero attached hydrogens (tertiary/aromatic N) is 4. The molecule has 0 bridgehead atoms. The van der Waals surface area contributed by atoms with E-state index < -0.39 is 0 Å². The number of likely N-dealkylation sites (tertiary alicyclic amines) is 1. The maximum atomic E-state index is 13.6.